The Labute approximate surface area is 186 Å². The first-order valence-corrected chi connectivity index (χ1v) is 12.5. The molecule has 0 aliphatic rings. The molecule has 0 amide bonds. The summed E-state index contributed by atoms with van der Waals surface area (Å²) < 4.78 is 10.4. The number of unbranched alkanes of at least 4 members (excludes halogenated alkanes) is 13. The highest BCUT2D eigenvalue weighted by molar-refractivity contribution is 5.70. The van der Waals surface area contributed by atoms with Crippen molar-refractivity contribution in [3.05, 3.63) is 12.2 Å². The molecule has 0 rings (SSSR count). The van der Waals surface area contributed by atoms with Crippen LogP contribution in [0.4, 0.5) is 0 Å². The topological polar surface area (TPSA) is 52.6 Å². The molecule has 0 aromatic rings. The highest BCUT2D eigenvalue weighted by atomic mass is 16.5. The van der Waals surface area contributed by atoms with Crippen LogP contribution in [0.25, 0.3) is 0 Å². The highest BCUT2D eigenvalue weighted by Gasteiger charge is 2.06. The largest absolute Gasteiger partial charge is 0.466 e. The van der Waals surface area contributed by atoms with Crippen LogP contribution >= 0.6 is 0 Å². The van der Waals surface area contributed by atoms with Crippen molar-refractivity contribution in [2.45, 2.75) is 129 Å². The van der Waals surface area contributed by atoms with Gasteiger partial charge in [-0.1, -0.05) is 89.5 Å². The van der Waals surface area contributed by atoms with Gasteiger partial charge in [-0.2, -0.15) is 0 Å². The van der Waals surface area contributed by atoms with E-state index in [2.05, 4.69) is 13.5 Å². The lowest BCUT2D eigenvalue weighted by molar-refractivity contribution is -0.146. The first-order chi connectivity index (χ1) is 14.6. The second-order valence-electron chi connectivity index (χ2n) is 8.60. The van der Waals surface area contributed by atoms with Gasteiger partial charge in [0.1, 0.15) is 0 Å². The third-order valence-corrected chi connectivity index (χ3v) is 5.31. The molecule has 4 nitrogen and oxygen atoms in total. The van der Waals surface area contributed by atoms with Gasteiger partial charge in [-0.15, -0.1) is 6.58 Å². The lowest BCUT2D eigenvalue weighted by Crippen LogP contribution is -2.08. The first-order valence-electron chi connectivity index (χ1n) is 12.5. The van der Waals surface area contributed by atoms with Crippen LogP contribution in [-0.4, -0.2) is 25.2 Å². The van der Waals surface area contributed by atoms with Gasteiger partial charge in [0.25, 0.3) is 0 Å². The average Bonchev–Trinajstić information content (AvgIpc) is 2.71. The van der Waals surface area contributed by atoms with E-state index in [1.54, 1.807) is 0 Å². The van der Waals surface area contributed by atoms with Gasteiger partial charge in [-0.05, 0) is 26.2 Å². The predicted molar refractivity (Wildman–Crippen MR) is 126 cm³/mol. The van der Waals surface area contributed by atoms with Crippen LogP contribution in [0.2, 0.25) is 0 Å². The third kappa shape index (κ3) is 23.0. The molecule has 0 aromatic carbocycles. The molecule has 0 saturated heterocycles. The Balaban J connectivity index is 3.27. The van der Waals surface area contributed by atoms with Gasteiger partial charge in [0.05, 0.1) is 13.2 Å². The van der Waals surface area contributed by atoms with Crippen molar-refractivity contribution >= 4 is 11.9 Å². The van der Waals surface area contributed by atoms with E-state index in [0.717, 1.165) is 18.4 Å². The number of carbonyl (C=O) groups excluding carboxylic acids is 2. The molecule has 0 saturated carbocycles. The van der Waals surface area contributed by atoms with E-state index in [1.807, 2.05) is 6.92 Å². The SMILES string of the molecule is C=C(C)CCOC(=O)CCCCC(=O)OCCCCCCCCCCCCCCC. The summed E-state index contributed by atoms with van der Waals surface area (Å²) >= 11 is 0. The molecule has 0 spiro atoms. The number of rotatable bonds is 22. The van der Waals surface area contributed by atoms with Crippen LogP contribution in [0.3, 0.4) is 0 Å². The molecule has 30 heavy (non-hydrogen) atoms. The minimum atomic E-state index is -0.198. The van der Waals surface area contributed by atoms with Gasteiger partial charge < -0.3 is 9.47 Å². The van der Waals surface area contributed by atoms with Crippen LogP contribution in [0.1, 0.15) is 129 Å². The fourth-order valence-corrected chi connectivity index (χ4v) is 3.33. The van der Waals surface area contributed by atoms with E-state index < -0.39 is 0 Å². The summed E-state index contributed by atoms with van der Waals surface area (Å²) in [6.45, 7) is 8.88. The van der Waals surface area contributed by atoms with E-state index in [4.69, 9.17) is 9.47 Å². The van der Waals surface area contributed by atoms with E-state index in [1.165, 1.54) is 70.6 Å². The first kappa shape index (κ1) is 28.7. The number of hydrogen-bond acceptors (Lipinski definition) is 4. The Morgan fingerprint density at radius 1 is 0.567 bits per heavy atom. The summed E-state index contributed by atoms with van der Waals surface area (Å²) in [6, 6.07) is 0. The van der Waals surface area contributed by atoms with Gasteiger partial charge >= 0.3 is 11.9 Å². The summed E-state index contributed by atoms with van der Waals surface area (Å²) in [5.41, 5.74) is 1.01. The van der Waals surface area contributed by atoms with Crippen molar-refractivity contribution in [3.63, 3.8) is 0 Å². The molecule has 0 heterocycles. The minimum Gasteiger partial charge on any atom is -0.466 e. The lowest BCUT2D eigenvalue weighted by Gasteiger charge is -2.06. The van der Waals surface area contributed by atoms with E-state index in [0.29, 0.717) is 45.3 Å². The summed E-state index contributed by atoms with van der Waals surface area (Å²) in [7, 11) is 0. The molecule has 0 N–H and O–H groups in total. The molecule has 0 atom stereocenters. The molecule has 0 aromatic heterocycles. The summed E-state index contributed by atoms with van der Waals surface area (Å²) in [4.78, 5) is 23.2. The molecule has 4 heteroatoms. The van der Waals surface area contributed by atoms with Crippen molar-refractivity contribution in [2.24, 2.45) is 0 Å². The molecule has 0 aliphatic carbocycles. The molecule has 0 aliphatic heterocycles. The molecule has 0 bridgehead atoms. The zero-order valence-corrected chi connectivity index (χ0v) is 20.0. The van der Waals surface area contributed by atoms with Crippen molar-refractivity contribution in [1.29, 1.82) is 0 Å². The maximum Gasteiger partial charge on any atom is 0.305 e. The molecule has 0 fully saturated rings. The smallest absolute Gasteiger partial charge is 0.305 e. The Hall–Kier alpha value is -1.32. The summed E-state index contributed by atoms with van der Waals surface area (Å²) in [5, 5.41) is 0. The van der Waals surface area contributed by atoms with Gasteiger partial charge in [0.2, 0.25) is 0 Å². The second kappa shape index (κ2) is 22.4. The van der Waals surface area contributed by atoms with Gasteiger partial charge in [-0.3, -0.25) is 9.59 Å². The maximum absolute atomic E-state index is 11.7. The number of esters is 2. The zero-order chi connectivity index (χ0) is 22.3. The van der Waals surface area contributed by atoms with Gasteiger partial charge in [-0.25, -0.2) is 0 Å². The van der Waals surface area contributed by atoms with Crippen LogP contribution in [0, 0.1) is 0 Å². The van der Waals surface area contributed by atoms with Crippen molar-refractivity contribution in [2.75, 3.05) is 13.2 Å². The second-order valence-corrected chi connectivity index (χ2v) is 8.60. The molecule has 0 unspecified atom stereocenters. The quantitative estimate of drug-likeness (QED) is 0.101. The zero-order valence-electron chi connectivity index (χ0n) is 20.0. The van der Waals surface area contributed by atoms with Crippen molar-refractivity contribution in [3.8, 4) is 0 Å². The van der Waals surface area contributed by atoms with Crippen molar-refractivity contribution in [1.82, 2.24) is 0 Å². The number of ether oxygens (including phenoxy) is 2. The lowest BCUT2D eigenvalue weighted by atomic mass is 10.0. The Bertz CT molecular complexity index is 431. The summed E-state index contributed by atoms with van der Waals surface area (Å²) in [5.74, 6) is -0.346. The van der Waals surface area contributed by atoms with Gasteiger partial charge in [0, 0.05) is 19.3 Å². The third-order valence-electron chi connectivity index (χ3n) is 5.31. The Morgan fingerprint density at radius 2 is 0.967 bits per heavy atom. The Morgan fingerprint density at radius 3 is 1.40 bits per heavy atom. The van der Waals surface area contributed by atoms with E-state index >= 15 is 0 Å². The molecular formula is C26H48O4. The molecule has 0 radical (unpaired) electrons. The fourth-order valence-electron chi connectivity index (χ4n) is 3.33. The van der Waals surface area contributed by atoms with Crippen molar-refractivity contribution < 1.29 is 19.1 Å². The van der Waals surface area contributed by atoms with Crippen LogP contribution in [-0.2, 0) is 19.1 Å². The molecule has 176 valence electrons. The van der Waals surface area contributed by atoms with Crippen LogP contribution in [0.15, 0.2) is 12.2 Å². The van der Waals surface area contributed by atoms with Crippen LogP contribution in [0.5, 0.6) is 0 Å². The molecular weight excluding hydrogens is 376 g/mol. The normalized spacial score (nSPS) is 10.7. The average molecular weight is 425 g/mol. The minimum absolute atomic E-state index is 0.149. The summed E-state index contributed by atoms with van der Waals surface area (Å²) in [6.07, 6.45) is 19.9. The van der Waals surface area contributed by atoms with E-state index in [-0.39, 0.29) is 11.9 Å². The van der Waals surface area contributed by atoms with Crippen LogP contribution < -0.4 is 0 Å². The fraction of sp³-hybridized carbons (Fsp3) is 0.846. The Kier molecular flexibility index (Phi) is 21.4. The highest BCUT2D eigenvalue weighted by Crippen LogP contribution is 2.12. The number of hydrogen-bond donors (Lipinski definition) is 0. The van der Waals surface area contributed by atoms with Gasteiger partial charge in [0.15, 0.2) is 0 Å². The standard InChI is InChI=1S/C26H48O4/c1-4-5-6-7-8-9-10-11-12-13-14-15-18-22-29-25(27)19-16-17-20-26(28)30-23-21-24(2)3/h2,4-23H2,1,3H3. The maximum atomic E-state index is 11.7. The predicted octanol–water partition coefficient (Wildman–Crippen LogP) is 7.69. The van der Waals surface area contributed by atoms with E-state index in [9.17, 15) is 9.59 Å². The number of carbonyl (C=O) groups is 2. The monoisotopic (exact) mass is 424 g/mol.